The minimum atomic E-state index is -0.910. The van der Waals surface area contributed by atoms with E-state index in [1.165, 1.54) is 4.90 Å². The second-order valence-corrected chi connectivity index (χ2v) is 5.65. The summed E-state index contributed by atoms with van der Waals surface area (Å²) < 4.78 is 5.04. The SMILES string of the molecule is CCOC(=O)N(C(CC(=O)O)C(C)C)C(C)(C)C. The molecule has 0 bridgehead atoms. The fourth-order valence-electron chi connectivity index (χ4n) is 1.90. The Morgan fingerprint density at radius 3 is 2.06 bits per heavy atom. The van der Waals surface area contributed by atoms with Crippen LogP contribution < -0.4 is 0 Å². The van der Waals surface area contributed by atoms with Crippen molar-refractivity contribution in [3.63, 3.8) is 0 Å². The lowest BCUT2D eigenvalue weighted by Crippen LogP contribution is -2.54. The Bertz CT molecular complexity index is 294. The maximum Gasteiger partial charge on any atom is 0.410 e. The predicted molar refractivity (Wildman–Crippen MR) is 69.5 cm³/mol. The van der Waals surface area contributed by atoms with Crippen LogP contribution in [0, 0.1) is 5.92 Å². The Kier molecular flexibility index (Phi) is 6.15. The number of ether oxygens (including phenoxy) is 1. The van der Waals surface area contributed by atoms with E-state index in [4.69, 9.17) is 9.84 Å². The second-order valence-electron chi connectivity index (χ2n) is 5.65. The van der Waals surface area contributed by atoms with E-state index in [0.29, 0.717) is 0 Å². The first-order valence-electron chi connectivity index (χ1n) is 6.29. The second kappa shape index (κ2) is 6.61. The molecule has 1 atom stereocenters. The van der Waals surface area contributed by atoms with Crippen molar-refractivity contribution in [2.24, 2.45) is 5.92 Å². The molecule has 0 aromatic heterocycles. The van der Waals surface area contributed by atoms with Crippen LogP contribution in [0.25, 0.3) is 0 Å². The standard InChI is InChI=1S/C13H25NO4/c1-7-18-12(17)14(13(4,5)6)10(9(2)3)8-11(15)16/h9-10H,7-8H2,1-6H3,(H,15,16). The number of hydrogen-bond donors (Lipinski definition) is 1. The van der Waals surface area contributed by atoms with Gasteiger partial charge in [-0.15, -0.1) is 0 Å². The molecule has 5 nitrogen and oxygen atoms in total. The summed E-state index contributed by atoms with van der Waals surface area (Å²) in [7, 11) is 0. The highest BCUT2D eigenvalue weighted by atomic mass is 16.6. The van der Waals surface area contributed by atoms with Crippen molar-refractivity contribution in [2.75, 3.05) is 6.61 Å². The molecule has 0 saturated carbocycles. The van der Waals surface area contributed by atoms with Crippen LogP contribution in [-0.4, -0.2) is 40.3 Å². The van der Waals surface area contributed by atoms with E-state index in [1.54, 1.807) is 6.92 Å². The van der Waals surface area contributed by atoms with Gasteiger partial charge in [-0.1, -0.05) is 13.8 Å². The molecule has 1 amide bonds. The monoisotopic (exact) mass is 259 g/mol. The minimum Gasteiger partial charge on any atom is -0.481 e. The molecule has 0 radical (unpaired) electrons. The molecule has 0 aromatic rings. The van der Waals surface area contributed by atoms with Gasteiger partial charge in [-0.3, -0.25) is 9.69 Å². The van der Waals surface area contributed by atoms with E-state index in [9.17, 15) is 9.59 Å². The Morgan fingerprint density at radius 2 is 1.78 bits per heavy atom. The molecule has 0 saturated heterocycles. The summed E-state index contributed by atoms with van der Waals surface area (Å²) in [6.45, 7) is 11.5. The van der Waals surface area contributed by atoms with Gasteiger partial charge in [0.2, 0.25) is 0 Å². The zero-order valence-corrected chi connectivity index (χ0v) is 12.2. The van der Waals surface area contributed by atoms with Crippen LogP contribution in [0.5, 0.6) is 0 Å². The zero-order valence-electron chi connectivity index (χ0n) is 12.2. The predicted octanol–water partition coefficient (Wildman–Crippen LogP) is 2.74. The number of nitrogens with zero attached hydrogens (tertiary/aromatic N) is 1. The van der Waals surface area contributed by atoms with Crippen LogP contribution in [0.15, 0.2) is 0 Å². The van der Waals surface area contributed by atoms with Gasteiger partial charge >= 0.3 is 12.1 Å². The van der Waals surface area contributed by atoms with Crippen molar-refractivity contribution >= 4 is 12.1 Å². The van der Waals surface area contributed by atoms with Crippen molar-refractivity contribution in [3.8, 4) is 0 Å². The van der Waals surface area contributed by atoms with Gasteiger partial charge in [0.15, 0.2) is 0 Å². The van der Waals surface area contributed by atoms with Crippen LogP contribution in [0.1, 0.15) is 48.0 Å². The summed E-state index contributed by atoms with van der Waals surface area (Å²) in [5.74, 6) is -0.864. The van der Waals surface area contributed by atoms with Gasteiger partial charge in [0.25, 0.3) is 0 Å². The number of carboxylic acids is 1. The minimum absolute atomic E-state index is 0.0460. The Hall–Kier alpha value is -1.26. The van der Waals surface area contributed by atoms with Gasteiger partial charge in [-0.05, 0) is 33.6 Å². The average Bonchev–Trinajstić information content (AvgIpc) is 2.13. The summed E-state index contributed by atoms with van der Waals surface area (Å²) in [4.78, 5) is 24.5. The lowest BCUT2D eigenvalue weighted by atomic mass is 9.94. The summed E-state index contributed by atoms with van der Waals surface area (Å²) in [6, 6.07) is -0.374. The maximum absolute atomic E-state index is 12.0. The molecule has 0 spiro atoms. The van der Waals surface area contributed by atoms with Crippen molar-refractivity contribution in [1.82, 2.24) is 4.90 Å². The van der Waals surface area contributed by atoms with Crippen molar-refractivity contribution in [1.29, 1.82) is 0 Å². The van der Waals surface area contributed by atoms with E-state index in [0.717, 1.165) is 0 Å². The first-order chi connectivity index (χ1) is 8.11. The highest BCUT2D eigenvalue weighted by Crippen LogP contribution is 2.25. The normalized spacial score (nSPS) is 13.3. The molecule has 106 valence electrons. The van der Waals surface area contributed by atoms with E-state index in [1.807, 2.05) is 34.6 Å². The van der Waals surface area contributed by atoms with Crippen molar-refractivity contribution in [3.05, 3.63) is 0 Å². The summed E-state index contributed by atoms with van der Waals surface area (Å²) >= 11 is 0. The van der Waals surface area contributed by atoms with Crippen molar-refractivity contribution < 1.29 is 19.4 Å². The fraction of sp³-hybridized carbons (Fsp3) is 0.846. The molecule has 0 aromatic carbocycles. The first kappa shape index (κ1) is 16.7. The fourth-order valence-corrected chi connectivity index (χ4v) is 1.90. The Morgan fingerprint density at radius 1 is 1.28 bits per heavy atom. The zero-order chi connectivity index (χ0) is 14.5. The van der Waals surface area contributed by atoms with Gasteiger partial charge in [-0.2, -0.15) is 0 Å². The quantitative estimate of drug-likeness (QED) is 0.824. The van der Waals surface area contributed by atoms with E-state index in [2.05, 4.69) is 0 Å². The summed E-state index contributed by atoms with van der Waals surface area (Å²) in [5, 5.41) is 8.98. The van der Waals surface area contributed by atoms with Gasteiger partial charge in [0.1, 0.15) is 0 Å². The van der Waals surface area contributed by atoms with Crippen LogP contribution in [0.3, 0.4) is 0 Å². The first-order valence-corrected chi connectivity index (χ1v) is 6.29. The van der Waals surface area contributed by atoms with Crippen LogP contribution in [0.4, 0.5) is 4.79 Å². The average molecular weight is 259 g/mol. The van der Waals surface area contributed by atoms with Gasteiger partial charge in [0.05, 0.1) is 13.0 Å². The molecular weight excluding hydrogens is 234 g/mol. The Labute approximate surface area is 109 Å². The highest BCUT2D eigenvalue weighted by Gasteiger charge is 2.36. The molecule has 0 aliphatic rings. The molecule has 18 heavy (non-hydrogen) atoms. The number of carbonyl (C=O) groups excluding carboxylic acids is 1. The molecule has 0 aliphatic carbocycles. The largest absolute Gasteiger partial charge is 0.481 e. The number of amides is 1. The lowest BCUT2D eigenvalue weighted by molar-refractivity contribution is -0.139. The van der Waals surface area contributed by atoms with Gasteiger partial charge in [-0.25, -0.2) is 4.79 Å². The molecule has 5 heteroatoms. The third kappa shape index (κ3) is 4.94. The number of rotatable bonds is 5. The summed E-state index contributed by atoms with van der Waals surface area (Å²) in [5.41, 5.74) is -0.476. The number of carboxylic acid groups (broad SMARTS) is 1. The number of aliphatic carboxylic acids is 1. The highest BCUT2D eigenvalue weighted by molar-refractivity contribution is 5.72. The van der Waals surface area contributed by atoms with Crippen LogP contribution >= 0.6 is 0 Å². The molecule has 0 heterocycles. The van der Waals surface area contributed by atoms with Crippen LogP contribution in [0.2, 0.25) is 0 Å². The smallest absolute Gasteiger partial charge is 0.410 e. The maximum atomic E-state index is 12.0. The van der Waals surface area contributed by atoms with E-state index >= 15 is 0 Å². The molecule has 0 aliphatic heterocycles. The van der Waals surface area contributed by atoms with E-state index in [-0.39, 0.29) is 25.0 Å². The third-order valence-corrected chi connectivity index (χ3v) is 2.67. The topological polar surface area (TPSA) is 66.8 Å². The molecular formula is C13H25NO4. The molecule has 0 rings (SSSR count). The van der Waals surface area contributed by atoms with Gasteiger partial charge in [0, 0.05) is 11.6 Å². The van der Waals surface area contributed by atoms with Crippen LogP contribution in [-0.2, 0) is 9.53 Å². The molecule has 1 unspecified atom stereocenters. The van der Waals surface area contributed by atoms with E-state index < -0.39 is 17.6 Å². The number of carbonyl (C=O) groups is 2. The third-order valence-electron chi connectivity index (χ3n) is 2.67. The van der Waals surface area contributed by atoms with Crippen molar-refractivity contribution in [2.45, 2.75) is 59.5 Å². The Balaban J connectivity index is 5.24. The molecule has 1 N–H and O–H groups in total. The summed E-state index contributed by atoms with van der Waals surface area (Å²) in [6.07, 6.45) is -0.529. The number of hydrogen-bond acceptors (Lipinski definition) is 3. The lowest BCUT2D eigenvalue weighted by Gasteiger charge is -2.42. The molecule has 0 fully saturated rings. The van der Waals surface area contributed by atoms with Gasteiger partial charge < -0.3 is 9.84 Å².